The van der Waals surface area contributed by atoms with E-state index in [1.165, 1.54) is 19.1 Å². The number of rotatable bonds is 6. The Morgan fingerprint density at radius 3 is 2.45 bits per heavy atom. The molecule has 1 heterocycles. The summed E-state index contributed by atoms with van der Waals surface area (Å²) in [4.78, 5) is 4.92. The van der Waals surface area contributed by atoms with Crippen LogP contribution in [0, 0.1) is 0 Å². The molecule has 0 N–H and O–H groups in total. The van der Waals surface area contributed by atoms with Gasteiger partial charge >= 0.3 is 0 Å². The predicted octanol–water partition coefficient (Wildman–Crippen LogP) is 4.36. The summed E-state index contributed by atoms with van der Waals surface area (Å²) < 4.78 is 23.0. The number of allylic oxidation sites excluding steroid dienone is 1. The van der Waals surface area contributed by atoms with E-state index >= 15 is 0 Å². The zero-order chi connectivity index (χ0) is 16.0. The number of hydrogen-bond acceptors (Lipinski definition) is 3. The molecule has 0 aliphatic rings. The minimum absolute atomic E-state index is 0.326. The fourth-order valence-corrected chi connectivity index (χ4v) is 2.73. The average Bonchev–Trinajstić information content (AvgIpc) is 2.51. The Bertz CT molecular complexity index is 747. The van der Waals surface area contributed by atoms with Crippen LogP contribution in [-0.2, 0) is 9.84 Å². The lowest BCUT2D eigenvalue weighted by molar-refractivity contribution is 0.602. The van der Waals surface area contributed by atoms with E-state index in [9.17, 15) is 8.42 Å². The van der Waals surface area contributed by atoms with Crippen LogP contribution in [0.2, 0.25) is 0 Å². The van der Waals surface area contributed by atoms with Gasteiger partial charge in [-0.15, -0.1) is 0 Å². The van der Waals surface area contributed by atoms with E-state index in [-0.39, 0.29) is 0 Å². The first-order chi connectivity index (χ1) is 10.5. The molecule has 0 atom stereocenters. The molecule has 2 aromatic rings. The summed E-state index contributed by atoms with van der Waals surface area (Å²) in [7, 11) is -3.16. The highest BCUT2D eigenvalue weighted by Crippen LogP contribution is 2.20. The molecule has 0 aliphatic heterocycles. The molecule has 0 saturated carbocycles. The monoisotopic (exact) mass is 315 g/mol. The van der Waals surface area contributed by atoms with Crippen LogP contribution in [0.1, 0.15) is 31.9 Å². The van der Waals surface area contributed by atoms with Crippen LogP contribution in [0.25, 0.3) is 17.3 Å². The van der Waals surface area contributed by atoms with Gasteiger partial charge in [0.2, 0.25) is 0 Å². The number of sulfone groups is 1. The minimum Gasteiger partial charge on any atom is -0.248 e. The lowest BCUT2D eigenvalue weighted by atomic mass is 10.1. The summed E-state index contributed by atoms with van der Waals surface area (Å²) in [6.07, 6.45) is 8.81. The number of hydrogen-bond donors (Lipinski definition) is 0. The van der Waals surface area contributed by atoms with Gasteiger partial charge in [-0.2, -0.15) is 0 Å². The number of unbranched alkanes of at least 4 members (excludes halogenated alkanes) is 2. The fraction of sp³-hybridized carbons (Fsp3) is 0.278. The molecule has 0 spiro atoms. The Labute approximate surface area is 132 Å². The third-order valence-corrected chi connectivity index (χ3v) is 4.49. The molecule has 3 nitrogen and oxygen atoms in total. The second kappa shape index (κ2) is 7.36. The summed E-state index contributed by atoms with van der Waals surface area (Å²) in [6.45, 7) is 2.17. The van der Waals surface area contributed by atoms with Gasteiger partial charge in [0.25, 0.3) is 0 Å². The maximum Gasteiger partial charge on any atom is 0.175 e. The molecule has 0 unspecified atom stereocenters. The summed E-state index contributed by atoms with van der Waals surface area (Å²) in [6, 6.07) is 12.7. The summed E-state index contributed by atoms with van der Waals surface area (Å²) in [5.74, 6) is 0. The van der Waals surface area contributed by atoms with Gasteiger partial charge in [0.15, 0.2) is 9.84 Å². The van der Waals surface area contributed by atoms with Crippen molar-refractivity contribution < 1.29 is 8.42 Å². The molecule has 0 saturated heterocycles. The molecule has 0 radical (unpaired) electrons. The SMILES string of the molecule is CCCC/C=C\c1cccc(-c2ccc(S(C)(=O)=O)cc2)n1. The molecule has 0 aliphatic carbocycles. The van der Waals surface area contributed by atoms with E-state index in [1.807, 2.05) is 24.3 Å². The highest BCUT2D eigenvalue weighted by Gasteiger charge is 2.07. The Balaban J connectivity index is 2.20. The van der Waals surface area contributed by atoms with Crippen LogP contribution in [0.15, 0.2) is 53.4 Å². The van der Waals surface area contributed by atoms with Gasteiger partial charge in [-0.3, -0.25) is 0 Å². The molecule has 22 heavy (non-hydrogen) atoms. The van der Waals surface area contributed by atoms with Gasteiger partial charge in [-0.1, -0.05) is 44.0 Å². The second-order valence-corrected chi connectivity index (χ2v) is 7.30. The van der Waals surface area contributed by atoms with Crippen molar-refractivity contribution in [3.8, 4) is 11.3 Å². The van der Waals surface area contributed by atoms with Crippen molar-refractivity contribution in [1.82, 2.24) is 4.98 Å². The minimum atomic E-state index is -3.16. The fourth-order valence-electron chi connectivity index (χ4n) is 2.10. The molecule has 0 fully saturated rings. The van der Waals surface area contributed by atoms with Gasteiger partial charge < -0.3 is 0 Å². The average molecular weight is 315 g/mol. The lowest BCUT2D eigenvalue weighted by Crippen LogP contribution is -1.96. The van der Waals surface area contributed by atoms with E-state index in [4.69, 9.17) is 0 Å². The normalized spacial score (nSPS) is 11.9. The Morgan fingerprint density at radius 1 is 1.09 bits per heavy atom. The molecule has 2 rings (SSSR count). The topological polar surface area (TPSA) is 47.0 Å². The van der Waals surface area contributed by atoms with E-state index in [0.717, 1.165) is 23.4 Å². The number of nitrogens with zero attached hydrogens (tertiary/aromatic N) is 1. The first-order valence-corrected chi connectivity index (χ1v) is 9.34. The highest BCUT2D eigenvalue weighted by atomic mass is 32.2. The van der Waals surface area contributed by atoms with Gasteiger partial charge in [0, 0.05) is 11.8 Å². The first kappa shape index (κ1) is 16.4. The van der Waals surface area contributed by atoms with E-state index < -0.39 is 9.84 Å². The number of benzene rings is 1. The molecule has 1 aromatic heterocycles. The van der Waals surface area contributed by atoms with Crippen molar-refractivity contribution in [3.63, 3.8) is 0 Å². The van der Waals surface area contributed by atoms with Crippen LogP contribution in [0.3, 0.4) is 0 Å². The van der Waals surface area contributed by atoms with Crippen LogP contribution in [0.5, 0.6) is 0 Å². The van der Waals surface area contributed by atoms with Gasteiger partial charge in [0.1, 0.15) is 0 Å². The van der Waals surface area contributed by atoms with Gasteiger partial charge in [-0.25, -0.2) is 13.4 Å². The summed E-state index contributed by atoms with van der Waals surface area (Å²) in [5, 5.41) is 0. The third kappa shape index (κ3) is 4.53. The van der Waals surface area contributed by atoms with Crippen LogP contribution < -0.4 is 0 Å². The Kier molecular flexibility index (Phi) is 5.50. The second-order valence-electron chi connectivity index (χ2n) is 5.29. The summed E-state index contributed by atoms with van der Waals surface area (Å²) >= 11 is 0. The Hall–Kier alpha value is -1.94. The van der Waals surface area contributed by atoms with Gasteiger partial charge in [0.05, 0.1) is 16.3 Å². The Morgan fingerprint density at radius 2 is 1.82 bits per heavy atom. The maximum atomic E-state index is 11.5. The van der Waals surface area contributed by atoms with E-state index in [2.05, 4.69) is 18.0 Å². The van der Waals surface area contributed by atoms with E-state index in [0.29, 0.717) is 4.90 Å². The number of aromatic nitrogens is 1. The molecule has 0 bridgehead atoms. The quantitative estimate of drug-likeness (QED) is 0.744. The van der Waals surface area contributed by atoms with Crippen molar-refractivity contribution >= 4 is 15.9 Å². The largest absolute Gasteiger partial charge is 0.248 e. The number of pyridine rings is 1. The van der Waals surface area contributed by atoms with Gasteiger partial charge in [-0.05, 0) is 36.8 Å². The smallest absolute Gasteiger partial charge is 0.175 e. The molecule has 4 heteroatoms. The van der Waals surface area contributed by atoms with Crippen LogP contribution >= 0.6 is 0 Å². The third-order valence-electron chi connectivity index (χ3n) is 3.36. The maximum absolute atomic E-state index is 11.5. The summed E-state index contributed by atoms with van der Waals surface area (Å²) in [5.41, 5.74) is 2.68. The zero-order valence-electron chi connectivity index (χ0n) is 13.0. The van der Waals surface area contributed by atoms with Crippen molar-refractivity contribution in [2.75, 3.05) is 6.26 Å². The molecular weight excluding hydrogens is 294 g/mol. The molecule has 0 amide bonds. The van der Waals surface area contributed by atoms with Crippen molar-refractivity contribution in [1.29, 1.82) is 0 Å². The molecule has 1 aromatic carbocycles. The van der Waals surface area contributed by atoms with Crippen LogP contribution in [0.4, 0.5) is 0 Å². The van der Waals surface area contributed by atoms with E-state index in [1.54, 1.807) is 24.3 Å². The molecular formula is C18H21NO2S. The lowest BCUT2D eigenvalue weighted by Gasteiger charge is -2.04. The van der Waals surface area contributed by atoms with Crippen molar-refractivity contribution in [2.45, 2.75) is 31.1 Å². The van der Waals surface area contributed by atoms with Crippen LogP contribution in [-0.4, -0.2) is 19.7 Å². The van der Waals surface area contributed by atoms with Crippen molar-refractivity contribution in [2.24, 2.45) is 0 Å². The first-order valence-electron chi connectivity index (χ1n) is 7.45. The van der Waals surface area contributed by atoms with Crippen molar-refractivity contribution in [3.05, 3.63) is 54.2 Å². The standard InChI is InChI=1S/C18H21NO2S/c1-3-4-5-6-8-16-9-7-10-18(19-16)15-11-13-17(14-12-15)22(2,20)21/h6-14H,3-5H2,1-2H3/b8-6-. The highest BCUT2D eigenvalue weighted by molar-refractivity contribution is 7.90. The zero-order valence-corrected chi connectivity index (χ0v) is 13.8. The predicted molar refractivity (Wildman–Crippen MR) is 91.3 cm³/mol. The molecule has 116 valence electrons.